The molecule has 0 amide bonds. The van der Waals surface area contributed by atoms with Gasteiger partial charge in [0, 0.05) is 6.20 Å². The first kappa shape index (κ1) is 14.0. The minimum Gasteiger partial charge on any atom is -0.465 e. The van der Waals surface area contributed by atoms with Gasteiger partial charge in [0.25, 0.3) is 0 Å². The number of carbonyl (C=O) groups excluding carboxylic acids is 1. The molecular weight excluding hydrogens is 259 g/mol. The molecule has 0 fully saturated rings. The van der Waals surface area contributed by atoms with Crippen molar-refractivity contribution < 1.29 is 13.9 Å². The number of nitrogens with zero attached hydrogens (tertiary/aromatic N) is 1. The molecule has 5 heteroatoms. The van der Waals surface area contributed by atoms with Crippen LogP contribution in [0.4, 0.5) is 10.1 Å². The van der Waals surface area contributed by atoms with Gasteiger partial charge in [-0.15, -0.1) is 0 Å². The molecule has 0 saturated carbocycles. The first-order valence-corrected chi connectivity index (χ1v) is 6.17. The van der Waals surface area contributed by atoms with E-state index >= 15 is 0 Å². The Morgan fingerprint density at radius 3 is 2.80 bits per heavy atom. The number of halogens is 1. The molecule has 0 saturated heterocycles. The fourth-order valence-electron chi connectivity index (χ4n) is 1.82. The van der Waals surface area contributed by atoms with Crippen LogP contribution in [0, 0.1) is 5.82 Å². The van der Waals surface area contributed by atoms with Gasteiger partial charge in [-0.1, -0.05) is 6.07 Å². The van der Waals surface area contributed by atoms with Gasteiger partial charge >= 0.3 is 5.97 Å². The summed E-state index contributed by atoms with van der Waals surface area (Å²) >= 11 is 0. The third kappa shape index (κ3) is 3.12. The van der Waals surface area contributed by atoms with E-state index in [4.69, 9.17) is 0 Å². The Balaban J connectivity index is 2.22. The van der Waals surface area contributed by atoms with Gasteiger partial charge in [0.1, 0.15) is 5.82 Å². The highest BCUT2D eigenvalue weighted by Crippen LogP contribution is 2.22. The second kappa shape index (κ2) is 6.14. The van der Waals surface area contributed by atoms with Crippen LogP contribution in [-0.2, 0) is 4.74 Å². The molecule has 1 N–H and O–H groups in total. The standard InChI is InChI=1S/C15H15FN2O2/c1-10(13-5-3-4-8-17-13)18-14-9-11(15(19)20-2)6-7-12(14)16/h3-10,18H,1-2H3. The summed E-state index contributed by atoms with van der Waals surface area (Å²) in [5, 5.41) is 3.00. The highest BCUT2D eigenvalue weighted by molar-refractivity contribution is 5.90. The lowest BCUT2D eigenvalue weighted by molar-refractivity contribution is 0.0600. The molecule has 0 aliphatic carbocycles. The zero-order valence-corrected chi connectivity index (χ0v) is 11.3. The summed E-state index contributed by atoms with van der Waals surface area (Å²) in [4.78, 5) is 15.6. The van der Waals surface area contributed by atoms with Gasteiger partial charge in [-0.2, -0.15) is 0 Å². The second-order valence-corrected chi connectivity index (χ2v) is 4.31. The third-order valence-corrected chi connectivity index (χ3v) is 2.89. The lowest BCUT2D eigenvalue weighted by Crippen LogP contribution is -2.10. The average molecular weight is 274 g/mol. The molecule has 1 aromatic carbocycles. The maximum atomic E-state index is 13.8. The minimum atomic E-state index is -0.501. The summed E-state index contributed by atoms with van der Waals surface area (Å²) in [7, 11) is 1.29. The van der Waals surface area contributed by atoms with Crippen molar-refractivity contribution in [2.24, 2.45) is 0 Å². The van der Waals surface area contributed by atoms with Crippen molar-refractivity contribution in [2.75, 3.05) is 12.4 Å². The first-order valence-electron chi connectivity index (χ1n) is 6.17. The number of nitrogens with one attached hydrogen (secondary N) is 1. The fourth-order valence-corrected chi connectivity index (χ4v) is 1.82. The number of hydrogen-bond acceptors (Lipinski definition) is 4. The van der Waals surface area contributed by atoms with Crippen LogP contribution in [0.15, 0.2) is 42.6 Å². The van der Waals surface area contributed by atoms with Crippen molar-refractivity contribution in [3.05, 3.63) is 59.7 Å². The van der Waals surface area contributed by atoms with Gasteiger partial charge in [-0.05, 0) is 37.3 Å². The Bertz CT molecular complexity index is 602. The molecule has 1 heterocycles. The van der Waals surface area contributed by atoms with Gasteiger partial charge in [0.15, 0.2) is 0 Å². The molecule has 104 valence electrons. The Morgan fingerprint density at radius 2 is 2.15 bits per heavy atom. The predicted molar refractivity (Wildman–Crippen MR) is 74.0 cm³/mol. The Kier molecular flexibility index (Phi) is 4.30. The summed E-state index contributed by atoms with van der Waals surface area (Å²) in [5.74, 6) is -0.932. The number of rotatable bonds is 4. The number of esters is 1. The van der Waals surface area contributed by atoms with Crippen LogP contribution >= 0.6 is 0 Å². The van der Waals surface area contributed by atoms with Crippen molar-refractivity contribution in [2.45, 2.75) is 13.0 Å². The summed E-state index contributed by atoms with van der Waals surface area (Å²) in [6.45, 7) is 1.87. The smallest absolute Gasteiger partial charge is 0.337 e. The molecule has 0 bridgehead atoms. The number of hydrogen-bond donors (Lipinski definition) is 1. The number of anilines is 1. The molecular formula is C15H15FN2O2. The zero-order valence-electron chi connectivity index (χ0n) is 11.3. The number of aromatic nitrogens is 1. The molecule has 1 atom stereocenters. The molecule has 2 aromatic rings. The summed E-state index contributed by atoms with van der Waals surface area (Å²) < 4.78 is 18.4. The van der Waals surface area contributed by atoms with E-state index in [0.717, 1.165) is 5.69 Å². The lowest BCUT2D eigenvalue weighted by Gasteiger charge is -2.15. The van der Waals surface area contributed by atoms with Crippen LogP contribution in [0.25, 0.3) is 0 Å². The largest absolute Gasteiger partial charge is 0.465 e. The lowest BCUT2D eigenvalue weighted by atomic mass is 10.1. The van der Waals surface area contributed by atoms with E-state index in [9.17, 15) is 9.18 Å². The molecule has 0 spiro atoms. The predicted octanol–water partition coefficient (Wildman–Crippen LogP) is 3.18. The Morgan fingerprint density at radius 1 is 1.35 bits per heavy atom. The average Bonchev–Trinajstić information content (AvgIpc) is 2.49. The van der Waals surface area contributed by atoms with E-state index in [-0.39, 0.29) is 11.7 Å². The maximum Gasteiger partial charge on any atom is 0.337 e. The number of benzene rings is 1. The summed E-state index contributed by atoms with van der Waals surface area (Å²) in [6.07, 6.45) is 1.68. The normalized spacial score (nSPS) is 11.8. The van der Waals surface area contributed by atoms with Crippen molar-refractivity contribution in [1.82, 2.24) is 4.98 Å². The van der Waals surface area contributed by atoms with E-state index in [2.05, 4.69) is 15.0 Å². The van der Waals surface area contributed by atoms with E-state index < -0.39 is 11.8 Å². The molecule has 1 unspecified atom stereocenters. The molecule has 1 aromatic heterocycles. The van der Waals surface area contributed by atoms with Gasteiger partial charge in [-0.3, -0.25) is 4.98 Å². The molecule has 4 nitrogen and oxygen atoms in total. The highest BCUT2D eigenvalue weighted by atomic mass is 19.1. The number of ether oxygens (including phenoxy) is 1. The third-order valence-electron chi connectivity index (χ3n) is 2.89. The van der Waals surface area contributed by atoms with Gasteiger partial charge in [0.2, 0.25) is 0 Å². The molecule has 2 rings (SSSR count). The SMILES string of the molecule is COC(=O)c1ccc(F)c(NC(C)c2ccccn2)c1. The van der Waals surface area contributed by atoms with Crippen molar-refractivity contribution >= 4 is 11.7 Å². The molecule has 20 heavy (non-hydrogen) atoms. The van der Waals surface area contributed by atoms with E-state index in [1.807, 2.05) is 25.1 Å². The fraction of sp³-hybridized carbons (Fsp3) is 0.200. The summed E-state index contributed by atoms with van der Waals surface area (Å²) in [5.41, 5.74) is 1.33. The van der Waals surface area contributed by atoms with Crippen LogP contribution in [-0.4, -0.2) is 18.1 Å². The maximum absolute atomic E-state index is 13.8. The van der Waals surface area contributed by atoms with Crippen molar-refractivity contribution in [3.8, 4) is 0 Å². The van der Waals surface area contributed by atoms with Crippen LogP contribution in [0.1, 0.15) is 29.0 Å². The van der Waals surface area contributed by atoms with Crippen LogP contribution in [0.2, 0.25) is 0 Å². The zero-order chi connectivity index (χ0) is 14.5. The van der Waals surface area contributed by atoms with Crippen LogP contribution < -0.4 is 5.32 Å². The quantitative estimate of drug-likeness (QED) is 0.870. The van der Waals surface area contributed by atoms with Crippen LogP contribution in [0.3, 0.4) is 0 Å². The molecule has 0 aliphatic heterocycles. The van der Waals surface area contributed by atoms with E-state index in [1.54, 1.807) is 6.20 Å². The van der Waals surface area contributed by atoms with Gasteiger partial charge in [-0.25, -0.2) is 9.18 Å². The highest BCUT2D eigenvalue weighted by Gasteiger charge is 2.13. The first-order chi connectivity index (χ1) is 9.61. The van der Waals surface area contributed by atoms with Crippen molar-refractivity contribution in [3.63, 3.8) is 0 Å². The Hall–Kier alpha value is -2.43. The van der Waals surface area contributed by atoms with Crippen molar-refractivity contribution in [1.29, 1.82) is 0 Å². The Labute approximate surface area is 116 Å². The van der Waals surface area contributed by atoms with Gasteiger partial charge in [0.05, 0.1) is 30.1 Å². The molecule has 0 radical (unpaired) electrons. The number of pyridine rings is 1. The minimum absolute atomic E-state index is 0.182. The van der Waals surface area contributed by atoms with Crippen LogP contribution in [0.5, 0.6) is 0 Å². The number of methoxy groups -OCH3 is 1. The van der Waals surface area contributed by atoms with Gasteiger partial charge < -0.3 is 10.1 Å². The molecule has 0 aliphatic rings. The number of carbonyl (C=O) groups is 1. The monoisotopic (exact) mass is 274 g/mol. The topological polar surface area (TPSA) is 51.2 Å². The van der Waals surface area contributed by atoms with E-state index in [0.29, 0.717) is 5.56 Å². The van der Waals surface area contributed by atoms with E-state index in [1.165, 1.54) is 25.3 Å². The summed E-state index contributed by atoms with van der Waals surface area (Å²) in [6, 6.07) is 9.40. The second-order valence-electron chi connectivity index (χ2n) is 4.31.